The van der Waals surface area contributed by atoms with Crippen molar-refractivity contribution in [1.29, 1.82) is 0 Å². The molecule has 0 N–H and O–H groups in total. The molecule has 0 unspecified atom stereocenters. The van der Waals surface area contributed by atoms with E-state index < -0.39 is 0 Å². The third-order valence-corrected chi connectivity index (χ3v) is 1.11. The highest BCUT2D eigenvalue weighted by Gasteiger charge is 1.82. The van der Waals surface area contributed by atoms with E-state index in [1.165, 1.54) is 5.57 Å². The first-order valence-corrected chi connectivity index (χ1v) is 3.27. The van der Waals surface area contributed by atoms with Crippen molar-refractivity contribution in [3.63, 3.8) is 0 Å². The molecule has 0 bridgehead atoms. The molecule has 0 aliphatic heterocycles. The topological polar surface area (TPSA) is 0 Å². The van der Waals surface area contributed by atoms with Gasteiger partial charge in [0.15, 0.2) is 0 Å². The van der Waals surface area contributed by atoms with Crippen molar-refractivity contribution in [3.05, 3.63) is 37.0 Å². The second-order valence-corrected chi connectivity index (χ2v) is 1.88. The summed E-state index contributed by atoms with van der Waals surface area (Å²) in [6.45, 7) is 9.44. The second kappa shape index (κ2) is 5.36. The van der Waals surface area contributed by atoms with Crippen molar-refractivity contribution in [2.75, 3.05) is 0 Å². The van der Waals surface area contributed by atoms with Crippen LogP contribution < -0.4 is 0 Å². The van der Waals surface area contributed by atoms with Crippen LogP contribution in [0.4, 0.5) is 0 Å². The Kier molecular flexibility index (Phi) is 4.89. The highest BCUT2D eigenvalue weighted by molar-refractivity contribution is 5.18. The monoisotopic (exact) mass is 122 g/mol. The van der Waals surface area contributed by atoms with Crippen LogP contribution in [0.5, 0.6) is 0 Å². The minimum Gasteiger partial charge on any atom is -0.103 e. The first-order chi connectivity index (χ1) is 4.35. The summed E-state index contributed by atoms with van der Waals surface area (Å²) in [5.74, 6) is 0. The molecule has 0 amide bonds. The SMILES string of the molecule is C=CC/C(C=C)=C\CC. The van der Waals surface area contributed by atoms with Gasteiger partial charge in [0.1, 0.15) is 0 Å². The van der Waals surface area contributed by atoms with Gasteiger partial charge in [-0.3, -0.25) is 0 Å². The highest BCUT2D eigenvalue weighted by atomic mass is 13.9. The Morgan fingerprint density at radius 1 is 1.44 bits per heavy atom. The number of hydrogen-bond acceptors (Lipinski definition) is 0. The van der Waals surface area contributed by atoms with Gasteiger partial charge in [0.25, 0.3) is 0 Å². The summed E-state index contributed by atoms with van der Waals surface area (Å²) < 4.78 is 0. The first-order valence-electron chi connectivity index (χ1n) is 3.27. The Morgan fingerprint density at radius 2 is 2.11 bits per heavy atom. The molecule has 0 aromatic carbocycles. The van der Waals surface area contributed by atoms with Crippen molar-refractivity contribution < 1.29 is 0 Å². The van der Waals surface area contributed by atoms with E-state index in [-0.39, 0.29) is 0 Å². The van der Waals surface area contributed by atoms with Gasteiger partial charge in [-0.05, 0) is 18.4 Å². The summed E-state index contributed by atoms with van der Waals surface area (Å²) in [4.78, 5) is 0. The fraction of sp³-hybridized carbons (Fsp3) is 0.333. The van der Waals surface area contributed by atoms with Crippen LogP contribution in [0.15, 0.2) is 37.0 Å². The Bertz CT molecular complexity index is 118. The van der Waals surface area contributed by atoms with Crippen LogP contribution in [-0.4, -0.2) is 0 Å². The molecular weight excluding hydrogens is 108 g/mol. The molecule has 0 aromatic rings. The third-order valence-electron chi connectivity index (χ3n) is 1.11. The summed E-state index contributed by atoms with van der Waals surface area (Å²) in [5.41, 5.74) is 1.27. The molecule has 0 saturated carbocycles. The summed E-state index contributed by atoms with van der Waals surface area (Å²) >= 11 is 0. The van der Waals surface area contributed by atoms with E-state index in [4.69, 9.17) is 0 Å². The minimum atomic E-state index is 0.942. The average Bonchev–Trinajstić information content (AvgIpc) is 1.88. The lowest BCUT2D eigenvalue weighted by atomic mass is 10.1. The van der Waals surface area contributed by atoms with E-state index in [0.717, 1.165) is 12.8 Å². The van der Waals surface area contributed by atoms with E-state index >= 15 is 0 Å². The minimum absolute atomic E-state index is 0.942. The van der Waals surface area contributed by atoms with E-state index in [1.807, 2.05) is 12.2 Å². The van der Waals surface area contributed by atoms with Crippen molar-refractivity contribution >= 4 is 0 Å². The van der Waals surface area contributed by atoms with Gasteiger partial charge in [0.05, 0.1) is 0 Å². The van der Waals surface area contributed by atoms with E-state index in [0.29, 0.717) is 0 Å². The van der Waals surface area contributed by atoms with Crippen LogP contribution in [0.25, 0.3) is 0 Å². The van der Waals surface area contributed by atoms with Gasteiger partial charge >= 0.3 is 0 Å². The predicted octanol–water partition coefficient (Wildman–Crippen LogP) is 3.08. The molecule has 0 nitrogen and oxygen atoms in total. The van der Waals surface area contributed by atoms with Gasteiger partial charge < -0.3 is 0 Å². The maximum absolute atomic E-state index is 3.68. The zero-order valence-electron chi connectivity index (χ0n) is 6.06. The molecule has 0 heterocycles. The fourth-order valence-electron chi connectivity index (χ4n) is 0.679. The quantitative estimate of drug-likeness (QED) is 0.397. The average molecular weight is 122 g/mol. The highest BCUT2D eigenvalue weighted by Crippen LogP contribution is 2.03. The van der Waals surface area contributed by atoms with Crippen molar-refractivity contribution in [2.45, 2.75) is 19.8 Å². The van der Waals surface area contributed by atoms with Crippen LogP contribution in [0.3, 0.4) is 0 Å². The molecule has 0 radical (unpaired) electrons. The first kappa shape index (κ1) is 8.22. The number of rotatable bonds is 4. The summed E-state index contributed by atoms with van der Waals surface area (Å²) in [5, 5.41) is 0. The molecule has 50 valence electrons. The van der Waals surface area contributed by atoms with Crippen molar-refractivity contribution in [3.8, 4) is 0 Å². The summed E-state index contributed by atoms with van der Waals surface area (Å²) in [7, 11) is 0. The van der Waals surface area contributed by atoms with Crippen molar-refractivity contribution in [1.82, 2.24) is 0 Å². The molecule has 0 heteroatoms. The Morgan fingerprint density at radius 3 is 2.44 bits per heavy atom. The molecule has 0 rings (SSSR count). The zero-order valence-corrected chi connectivity index (χ0v) is 6.06. The smallest absolute Gasteiger partial charge is 0.0104 e. The van der Waals surface area contributed by atoms with E-state index in [9.17, 15) is 0 Å². The normalized spacial score (nSPS) is 11.0. The van der Waals surface area contributed by atoms with Crippen molar-refractivity contribution in [2.24, 2.45) is 0 Å². The molecule has 0 aliphatic rings. The Labute approximate surface area is 57.6 Å². The largest absolute Gasteiger partial charge is 0.103 e. The molecule has 9 heavy (non-hydrogen) atoms. The zero-order chi connectivity index (χ0) is 7.11. The second-order valence-electron chi connectivity index (χ2n) is 1.88. The molecule has 0 spiro atoms. The molecule has 0 atom stereocenters. The van der Waals surface area contributed by atoms with Gasteiger partial charge in [-0.25, -0.2) is 0 Å². The van der Waals surface area contributed by atoms with Gasteiger partial charge in [0, 0.05) is 0 Å². The van der Waals surface area contributed by atoms with Crippen LogP contribution in [0.2, 0.25) is 0 Å². The lowest BCUT2D eigenvalue weighted by molar-refractivity contribution is 1.16. The lowest BCUT2D eigenvalue weighted by Gasteiger charge is -1.92. The molecule has 0 aromatic heterocycles. The van der Waals surface area contributed by atoms with Gasteiger partial charge in [0.2, 0.25) is 0 Å². The maximum atomic E-state index is 3.68. The fourth-order valence-corrected chi connectivity index (χ4v) is 0.679. The Balaban J connectivity index is 3.80. The van der Waals surface area contributed by atoms with Crippen LogP contribution >= 0.6 is 0 Å². The molecule has 0 aliphatic carbocycles. The van der Waals surface area contributed by atoms with Gasteiger partial charge in [-0.1, -0.05) is 31.7 Å². The molecular formula is C9H14. The number of allylic oxidation sites excluding steroid dienone is 4. The third kappa shape index (κ3) is 3.77. The maximum Gasteiger partial charge on any atom is -0.0104 e. The number of hydrogen-bond donors (Lipinski definition) is 0. The van der Waals surface area contributed by atoms with E-state index in [1.54, 1.807) is 0 Å². The van der Waals surface area contributed by atoms with Crippen LogP contribution in [-0.2, 0) is 0 Å². The van der Waals surface area contributed by atoms with Crippen LogP contribution in [0.1, 0.15) is 19.8 Å². The van der Waals surface area contributed by atoms with E-state index in [2.05, 4.69) is 26.2 Å². The van der Waals surface area contributed by atoms with Crippen LogP contribution in [0, 0.1) is 0 Å². The van der Waals surface area contributed by atoms with Gasteiger partial charge in [-0.2, -0.15) is 0 Å². The molecule has 0 saturated heterocycles. The summed E-state index contributed by atoms with van der Waals surface area (Å²) in [6, 6.07) is 0. The Hall–Kier alpha value is -0.780. The predicted molar refractivity (Wildman–Crippen MR) is 43.4 cm³/mol. The molecule has 0 fully saturated rings. The standard InChI is InChI=1S/C9H14/c1-4-7-9(6-3)8-5-2/h4,6,8H,1,3,5,7H2,2H3/b9-8-. The lowest BCUT2D eigenvalue weighted by Crippen LogP contribution is -1.72. The van der Waals surface area contributed by atoms with Gasteiger partial charge in [-0.15, -0.1) is 6.58 Å². The summed E-state index contributed by atoms with van der Waals surface area (Å²) in [6.07, 6.45) is 7.95.